The minimum atomic E-state index is 0.847. The van der Waals surface area contributed by atoms with E-state index in [1.807, 2.05) is 47.1 Å². The Kier molecular flexibility index (Phi) is 2.95. The van der Waals surface area contributed by atoms with Crippen LogP contribution in [0.3, 0.4) is 0 Å². The maximum Gasteiger partial charge on any atom is 0.150 e. The van der Waals surface area contributed by atoms with Crippen LogP contribution < -0.4 is 4.74 Å². The lowest BCUT2D eigenvalue weighted by atomic mass is 10.1. The molecule has 4 heteroatoms. The second-order valence-corrected chi connectivity index (χ2v) is 5.11. The number of fused-ring (bicyclic) bond motifs is 1. The maximum atomic E-state index is 5.24. The predicted octanol–water partition coefficient (Wildman–Crippen LogP) is 3.61. The third-order valence-electron chi connectivity index (χ3n) is 2.80. The highest BCUT2D eigenvalue weighted by Gasteiger charge is 2.07. The molecule has 0 saturated carbocycles. The molecule has 2 heterocycles. The van der Waals surface area contributed by atoms with Crippen molar-refractivity contribution in [3.63, 3.8) is 0 Å². The highest BCUT2D eigenvalue weighted by molar-refractivity contribution is 14.1. The lowest BCUT2D eigenvalue weighted by Gasteiger charge is -2.00. The molecule has 0 bridgehead atoms. The van der Waals surface area contributed by atoms with Gasteiger partial charge in [-0.3, -0.25) is 0 Å². The third-order valence-corrected chi connectivity index (χ3v) is 3.64. The number of benzene rings is 1. The van der Waals surface area contributed by atoms with Gasteiger partial charge in [0.05, 0.1) is 16.4 Å². The van der Waals surface area contributed by atoms with Crippen molar-refractivity contribution in [2.75, 3.05) is 7.11 Å². The summed E-state index contributed by atoms with van der Waals surface area (Å²) in [6, 6.07) is 12.0. The van der Waals surface area contributed by atoms with Gasteiger partial charge in [-0.25, -0.2) is 4.98 Å². The number of methoxy groups -OCH3 is 1. The first-order valence-electron chi connectivity index (χ1n) is 5.55. The molecule has 0 aliphatic heterocycles. The van der Waals surface area contributed by atoms with E-state index >= 15 is 0 Å². The normalized spacial score (nSPS) is 10.8. The number of nitrogens with zero attached hydrogens (tertiary/aromatic N) is 2. The topological polar surface area (TPSA) is 26.5 Å². The van der Waals surface area contributed by atoms with Gasteiger partial charge < -0.3 is 9.14 Å². The zero-order chi connectivity index (χ0) is 12.5. The molecular formula is C14H11IN2O. The summed E-state index contributed by atoms with van der Waals surface area (Å²) in [6.07, 6.45) is 4.04. The Morgan fingerprint density at radius 3 is 2.89 bits per heavy atom. The van der Waals surface area contributed by atoms with E-state index in [1.54, 1.807) is 7.11 Å². The molecule has 3 aromatic rings. The standard InChI is InChI=1S/C14H11IN2O/c1-18-11-5-2-4-10(8-11)13-9-17-7-3-6-12(15)14(17)16-13/h2-9H,1H3. The van der Waals surface area contributed by atoms with Crippen LogP contribution in [0.4, 0.5) is 0 Å². The van der Waals surface area contributed by atoms with E-state index in [0.717, 1.165) is 26.2 Å². The van der Waals surface area contributed by atoms with Crippen LogP contribution in [-0.4, -0.2) is 16.5 Å². The smallest absolute Gasteiger partial charge is 0.150 e. The Morgan fingerprint density at radius 1 is 1.22 bits per heavy atom. The van der Waals surface area contributed by atoms with Crippen LogP contribution in [-0.2, 0) is 0 Å². The molecule has 2 aromatic heterocycles. The van der Waals surface area contributed by atoms with E-state index in [0.29, 0.717) is 0 Å². The minimum absolute atomic E-state index is 0.847. The first kappa shape index (κ1) is 11.5. The summed E-state index contributed by atoms with van der Waals surface area (Å²) < 4.78 is 8.42. The van der Waals surface area contributed by atoms with Gasteiger partial charge in [0, 0.05) is 18.0 Å². The first-order chi connectivity index (χ1) is 8.78. The van der Waals surface area contributed by atoms with Crippen molar-refractivity contribution in [3.8, 4) is 17.0 Å². The van der Waals surface area contributed by atoms with Crippen LogP contribution >= 0.6 is 22.6 Å². The Labute approximate surface area is 119 Å². The predicted molar refractivity (Wildman–Crippen MR) is 79.9 cm³/mol. The molecular weight excluding hydrogens is 339 g/mol. The van der Waals surface area contributed by atoms with Gasteiger partial charge in [-0.05, 0) is 46.9 Å². The Bertz CT molecular complexity index is 706. The Morgan fingerprint density at radius 2 is 2.11 bits per heavy atom. The fourth-order valence-electron chi connectivity index (χ4n) is 1.90. The summed E-state index contributed by atoms with van der Waals surface area (Å²) in [4.78, 5) is 4.66. The number of pyridine rings is 1. The van der Waals surface area contributed by atoms with Gasteiger partial charge in [-0.1, -0.05) is 12.1 Å². The summed E-state index contributed by atoms with van der Waals surface area (Å²) in [5.74, 6) is 0.847. The monoisotopic (exact) mass is 350 g/mol. The van der Waals surface area contributed by atoms with Gasteiger partial charge in [0.15, 0.2) is 5.65 Å². The van der Waals surface area contributed by atoms with Crippen molar-refractivity contribution in [1.29, 1.82) is 0 Å². The second-order valence-electron chi connectivity index (χ2n) is 3.95. The van der Waals surface area contributed by atoms with Crippen molar-refractivity contribution in [1.82, 2.24) is 9.38 Å². The largest absolute Gasteiger partial charge is 0.497 e. The summed E-state index contributed by atoms with van der Waals surface area (Å²) in [5.41, 5.74) is 3.00. The summed E-state index contributed by atoms with van der Waals surface area (Å²) in [7, 11) is 1.67. The molecule has 0 amide bonds. The second kappa shape index (κ2) is 4.61. The van der Waals surface area contributed by atoms with Crippen molar-refractivity contribution >= 4 is 28.2 Å². The molecule has 1 aromatic carbocycles. The summed E-state index contributed by atoms with van der Waals surface area (Å²) in [6.45, 7) is 0. The Hall–Kier alpha value is -1.56. The fourth-order valence-corrected chi connectivity index (χ4v) is 2.51. The van der Waals surface area contributed by atoms with Gasteiger partial charge >= 0.3 is 0 Å². The number of rotatable bonds is 2. The molecule has 18 heavy (non-hydrogen) atoms. The number of imidazole rings is 1. The van der Waals surface area contributed by atoms with Crippen LogP contribution in [0.25, 0.3) is 16.9 Å². The average Bonchev–Trinajstić information content (AvgIpc) is 2.84. The first-order valence-corrected chi connectivity index (χ1v) is 6.63. The van der Waals surface area contributed by atoms with Crippen LogP contribution in [0.1, 0.15) is 0 Å². The molecule has 0 fully saturated rings. The molecule has 3 nitrogen and oxygen atoms in total. The third kappa shape index (κ3) is 1.96. The van der Waals surface area contributed by atoms with Crippen LogP contribution in [0.2, 0.25) is 0 Å². The molecule has 0 spiro atoms. The van der Waals surface area contributed by atoms with Gasteiger partial charge in [-0.15, -0.1) is 0 Å². The van der Waals surface area contributed by atoms with Crippen LogP contribution in [0.5, 0.6) is 5.75 Å². The minimum Gasteiger partial charge on any atom is -0.497 e. The quantitative estimate of drug-likeness (QED) is 0.660. The number of aromatic nitrogens is 2. The van der Waals surface area contributed by atoms with E-state index < -0.39 is 0 Å². The van der Waals surface area contributed by atoms with Crippen molar-refractivity contribution < 1.29 is 4.74 Å². The highest BCUT2D eigenvalue weighted by Crippen LogP contribution is 2.24. The van der Waals surface area contributed by atoms with Crippen molar-refractivity contribution in [2.24, 2.45) is 0 Å². The summed E-state index contributed by atoms with van der Waals surface area (Å²) in [5, 5.41) is 0. The number of ether oxygens (including phenoxy) is 1. The molecule has 0 aliphatic rings. The van der Waals surface area contributed by atoms with Crippen LogP contribution in [0.15, 0.2) is 48.8 Å². The molecule has 0 saturated heterocycles. The molecule has 0 radical (unpaired) electrons. The van der Waals surface area contributed by atoms with E-state index in [4.69, 9.17) is 4.74 Å². The van der Waals surface area contributed by atoms with Gasteiger partial charge in [0.1, 0.15) is 5.75 Å². The summed E-state index contributed by atoms with van der Waals surface area (Å²) >= 11 is 2.30. The zero-order valence-corrected chi connectivity index (χ0v) is 12.0. The molecule has 0 unspecified atom stereocenters. The molecule has 90 valence electrons. The van der Waals surface area contributed by atoms with Gasteiger partial charge in [-0.2, -0.15) is 0 Å². The van der Waals surface area contributed by atoms with E-state index in [-0.39, 0.29) is 0 Å². The number of halogens is 1. The molecule has 0 N–H and O–H groups in total. The Balaban J connectivity index is 2.16. The average molecular weight is 350 g/mol. The van der Waals surface area contributed by atoms with E-state index in [9.17, 15) is 0 Å². The van der Waals surface area contributed by atoms with Crippen LogP contribution in [0, 0.1) is 3.57 Å². The zero-order valence-electron chi connectivity index (χ0n) is 9.80. The molecule has 0 aliphatic carbocycles. The molecule has 0 atom stereocenters. The number of hydrogen-bond donors (Lipinski definition) is 0. The lowest BCUT2D eigenvalue weighted by Crippen LogP contribution is -1.84. The fraction of sp³-hybridized carbons (Fsp3) is 0.0714. The van der Waals surface area contributed by atoms with E-state index in [1.165, 1.54) is 0 Å². The lowest BCUT2D eigenvalue weighted by molar-refractivity contribution is 0.415. The van der Waals surface area contributed by atoms with Crippen molar-refractivity contribution in [2.45, 2.75) is 0 Å². The number of hydrogen-bond acceptors (Lipinski definition) is 2. The van der Waals surface area contributed by atoms with Crippen molar-refractivity contribution in [3.05, 3.63) is 52.4 Å². The van der Waals surface area contributed by atoms with Gasteiger partial charge in [0.2, 0.25) is 0 Å². The maximum absolute atomic E-state index is 5.24. The SMILES string of the molecule is COc1cccc(-c2cn3cccc(I)c3n2)c1. The highest BCUT2D eigenvalue weighted by atomic mass is 127. The van der Waals surface area contributed by atoms with E-state index in [2.05, 4.69) is 33.6 Å². The van der Waals surface area contributed by atoms with Gasteiger partial charge in [0.25, 0.3) is 0 Å². The molecule has 3 rings (SSSR count).